The largest absolute Gasteiger partial charge is 0.355 e. The van der Waals surface area contributed by atoms with Gasteiger partial charge in [-0.05, 0) is 49.2 Å². The lowest BCUT2D eigenvalue weighted by molar-refractivity contribution is 0.331. The van der Waals surface area contributed by atoms with Crippen LogP contribution < -0.4 is 5.56 Å². The van der Waals surface area contributed by atoms with Gasteiger partial charge in [0.2, 0.25) is 0 Å². The summed E-state index contributed by atoms with van der Waals surface area (Å²) in [5.74, 6) is 0. The Morgan fingerprint density at radius 1 is 1.07 bits per heavy atom. The number of fused-ring (bicyclic) bond motifs is 1. The van der Waals surface area contributed by atoms with Gasteiger partial charge in [0.05, 0.1) is 5.69 Å². The van der Waals surface area contributed by atoms with Crippen molar-refractivity contribution in [2.24, 2.45) is 7.05 Å². The molecule has 1 saturated heterocycles. The van der Waals surface area contributed by atoms with Gasteiger partial charge in [-0.1, -0.05) is 29.4 Å². The van der Waals surface area contributed by atoms with E-state index in [1.165, 1.54) is 31.5 Å². The summed E-state index contributed by atoms with van der Waals surface area (Å²) in [5.41, 5.74) is 4.74. The molecule has 4 heterocycles. The van der Waals surface area contributed by atoms with Crippen molar-refractivity contribution in [3.05, 3.63) is 70.8 Å². The maximum absolute atomic E-state index is 13.1. The van der Waals surface area contributed by atoms with Crippen LogP contribution in [0.1, 0.15) is 18.4 Å². The second-order valence-electron chi connectivity index (χ2n) is 7.59. The molecule has 0 bridgehead atoms. The van der Waals surface area contributed by atoms with Crippen LogP contribution in [-0.2, 0) is 13.6 Å². The van der Waals surface area contributed by atoms with Crippen LogP contribution in [0.25, 0.3) is 33.5 Å². The molecule has 3 aromatic heterocycles. The molecule has 1 aliphatic heterocycles. The van der Waals surface area contributed by atoms with Gasteiger partial charge in [0, 0.05) is 37.6 Å². The average molecular weight is 386 g/mol. The van der Waals surface area contributed by atoms with E-state index in [1.807, 2.05) is 18.2 Å². The molecule has 1 aromatic carbocycles. The number of pyridine rings is 2. The van der Waals surface area contributed by atoms with Crippen LogP contribution in [0.15, 0.2) is 64.2 Å². The normalized spacial score (nSPS) is 14.7. The molecule has 5 rings (SSSR count). The molecule has 0 saturated carbocycles. The van der Waals surface area contributed by atoms with Gasteiger partial charge in [0.1, 0.15) is 11.1 Å². The lowest BCUT2D eigenvalue weighted by Gasteiger charge is -2.15. The van der Waals surface area contributed by atoms with E-state index >= 15 is 0 Å². The predicted molar refractivity (Wildman–Crippen MR) is 112 cm³/mol. The first kappa shape index (κ1) is 17.8. The number of rotatable bonds is 4. The van der Waals surface area contributed by atoms with E-state index in [4.69, 9.17) is 4.52 Å². The van der Waals surface area contributed by atoms with Crippen molar-refractivity contribution >= 4 is 11.0 Å². The molecule has 1 aliphatic rings. The van der Waals surface area contributed by atoms with Gasteiger partial charge in [0.15, 0.2) is 5.58 Å². The maximum atomic E-state index is 13.1. The summed E-state index contributed by atoms with van der Waals surface area (Å²) in [6, 6.07) is 14.0. The number of likely N-dealkylation sites (tertiary alicyclic amines) is 1. The zero-order chi connectivity index (χ0) is 19.8. The van der Waals surface area contributed by atoms with Crippen LogP contribution in [0.2, 0.25) is 0 Å². The van der Waals surface area contributed by atoms with Gasteiger partial charge >= 0.3 is 0 Å². The summed E-state index contributed by atoms with van der Waals surface area (Å²) in [6.45, 7) is 3.34. The van der Waals surface area contributed by atoms with Crippen LogP contribution in [0.5, 0.6) is 0 Å². The summed E-state index contributed by atoms with van der Waals surface area (Å²) in [6.07, 6.45) is 5.95. The van der Waals surface area contributed by atoms with Crippen molar-refractivity contribution < 1.29 is 4.52 Å². The maximum Gasteiger partial charge on any atom is 0.264 e. The fourth-order valence-electron chi connectivity index (χ4n) is 4.06. The number of aromatic nitrogens is 3. The third kappa shape index (κ3) is 3.25. The van der Waals surface area contributed by atoms with Crippen molar-refractivity contribution in [3.63, 3.8) is 0 Å². The highest BCUT2D eigenvalue weighted by atomic mass is 16.5. The minimum absolute atomic E-state index is 0.126. The second kappa shape index (κ2) is 7.29. The fourth-order valence-corrected chi connectivity index (χ4v) is 4.06. The van der Waals surface area contributed by atoms with Crippen molar-refractivity contribution in [1.82, 2.24) is 19.6 Å². The third-order valence-electron chi connectivity index (χ3n) is 5.66. The van der Waals surface area contributed by atoms with Gasteiger partial charge in [0.25, 0.3) is 5.56 Å². The summed E-state index contributed by atoms with van der Waals surface area (Å²) in [7, 11) is 1.79. The quantitative estimate of drug-likeness (QED) is 0.533. The topological polar surface area (TPSA) is 64.2 Å². The van der Waals surface area contributed by atoms with Crippen LogP contribution in [0.3, 0.4) is 0 Å². The zero-order valence-corrected chi connectivity index (χ0v) is 16.3. The van der Waals surface area contributed by atoms with Gasteiger partial charge in [-0.3, -0.25) is 14.7 Å². The standard InChI is InChI=1S/C23H22N4O2/c1-26-19(17-8-6-16(7-9-17)15-27-11-2-3-12-27)13-20-21(23(26)28)22(25-29-20)18-5-4-10-24-14-18/h4-10,13-14H,2-3,11-12,15H2,1H3. The molecule has 0 amide bonds. The second-order valence-corrected chi connectivity index (χ2v) is 7.59. The Morgan fingerprint density at radius 2 is 1.86 bits per heavy atom. The monoisotopic (exact) mass is 386 g/mol. The molecule has 0 unspecified atom stereocenters. The predicted octanol–water partition coefficient (Wildman–Crippen LogP) is 3.85. The molecule has 4 aromatic rings. The van der Waals surface area contributed by atoms with E-state index in [1.54, 1.807) is 24.0 Å². The fraction of sp³-hybridized carbons (Fsp3) is 0.261. The first-order valence-corrected chi connectivity index (χ1v) is 9.92. The molecular weight excluding hydrogens is 364 g/mol. The summed E-state index contributed by atoms with van der Waals surface area (Å²) in [4.78, 5) is 19.7. The summed E-state index contributed by atoms with van der Waals surface area (Å²) in [5, 5.41) is 4.62. The molecule has 6 nitrogen and oxygen atoms in total. The van der Waals surface area contributed by atoms with Crippen molar-refractivity contribution in [2.45, 2.75) is 19.4 Å². The molecule has 0 N–H and O–H groups in total. The molecule has 0 atom stereocenters. The van der Waals surface area contributed by atoms with E-state index in [0.29, 0.717) is 16.7 Å². The number of hydrogen-bond donors (Lipinski definition) is 0. The first-order valence-electron chi connectivity index (χ1n) is 9.92. The zero-order valence-electron chi connectivity index (χ0n) is 16.3. The SMILES string of the molecule is Cn1c(-c2ccc(CN3CCCC3)cc2)cc2onc(-c3cccnc3)c2c1=O. The van der Waals surface area contributed by atoms with E-state index in [9.17, 15) is 4.79 Å². The Morgan fingerprint density at radius 3 is 2.59 bits per heavy atom. The van der Waals surface area contributed by atoms with Crippen molar-refractivity contribution in [3.8, 4) is 22.5 Å². The van der Waals surface area contributed by atoms with Crippen molar-refractivity contribution in [2.75, 3.05) is 13.1 Å². The molecular formula is C23H22N4O2. The highest BCUT2D eigenvalue weighted by Crippen LogP contribution is 2.28. The minimum Gasteiger partial charge on any atom is -0.355 e. The Kier molecular flexibility index (Phi) is 4.48. The molecule has 0 aliphatic carbocycles. The number of benzene rings is 1. The number of nitrogens with zero attached hydrogens (tertiary/aromatic N) is 4. The first-order chi connectivity index (χ1) is 14.2. The Hall–Kier alpha value is -3.25. The number of hydrogen-bond acceptors (Lipinski definition) is 5. The minimum atomic E-state index is -0.126. The lowest BCUT2D eigenvalue weighted by Crippen LogP contribution is -2.19. The molecule has 0 spiro atoms. The van der Waals surface area contributed by atoms with Gasteiger partial charge < -0.3 is 9.09 Å². The molecule has 29 heavy (non-hydrogen) atoms. The molecule has 1 fully saturated rings. The van der Waals surface area contributed by atoms with Crippen LogP contribution in [-0.4, -0.2) is 32.7 Å². The highest BCUT2D eigenvalue weighted by molar-refractivity contribution is 5.92. The Balaban J connectivity index is 1.52. The van der Waals surface area contributed by atoms with Gasteiger partial charge in [-0.2, -0.15) is 0 Å². The van der Waals surface area contributed by atoms with E-state index in [0.717, 1.165) is 23.4 Å². The highest BCUT2D eigenvalue weighted by Gasteiger charge is 2.18. The smallest absolute Gasteiger partial charge is 0.264 e. The summed E-state index contributed by atoms with van der Waals surface area (Å²) < 4.78 is 7.18. The van der Waals surface area contributed by atoms with Gasteiger partial charge in [-0.15, -0.1) is 0 Å². The Labute approximate surface area is 168 Å². The van der Waals surface area contributed by atoms with E-state index in [2.05, 4.69) is 39.3 Å². The molecule has 0 radical (unpaired) electrons. The van der Waals surface area contributed by atoms with E-state index < -0.39 is 0 Å². The lowest BCUT2D eigenvalue weighted by atomic mass is 10.1. The van der Waals surface area contributed by atoms with E-state index in [-0.39, 0.29) is 5.56 Å². The van der Waals surface area contributed by atoms with Gasteiger partial charge in [-0.25, -0.2) is 0 Å². The molecule has 146 valence electrons. The van der Waals surface area contributed by atoms with Crippen LogP contribution >= 0.6 is 0 Å². The van der Waals surface area contributed by atoms with Crippen LogP contribution in [0, 0.1) is 0 Å². The average Bonchev–Trinajstić information content (AvgIpc) is 3.42. The summed E-state index contributed by atoms with van der Waals surface area (Å²) >= 11 is 0. The molecule has 6 heteroatoms. The third-order valence-corrected chi connectivity index (χ3v) is 5.66. The Bertz CT molecular complexity index is 1200. The van der Waals surface area contributed by atoms with Crippen molar-refractivity contribution in [1.29, 1.82) is 0 Å². The van der Waals surface area contributed by atoms with Crippen LogP contribution in [0.4, 0.5) is 0 Å².